The van der Waals surface area contributed by atoms with Crippen molar-refractivity contribution in [2.75, 3.05) is 12.9 Å². The summed E-state index contributed by atoms with van der Waals surface area (Å²) in [5.41, 5.74) is 3.33. The van der Waals surface area contributed by atoms with Gasteiger partial charge in [-0.1, -0.05) is 11.6 Å². The van der Waals surface area contributed by atoms with Gasteiger partial charge in [0.05, 0.1) is 23.4 Å². The number of aryl methyl sites for hydroxylation is 2. The van der Waals surface area contributed by atoms with Crippen molar-refractivity contribution in [1.82, 2.24) is 10.3 Å². The Morgan fingerprint density at radius 1 is 1.36 bits per heavy atom. The fourth-order valence-electron chi connectivity index (χ4n) is 2.44. The second-order valence-electron chi connectivity index (χ2n) is 5.54. The predicted octanol–water partition coefficient (Wildman–Crippen LogP) is 2.69. The number of aliphatic hydroxyl groups excluding tert-OH is 1. The SMILES string of the molecule is CSC(CO)C(C)NC(=O)c1cc2cc(C)ccc2nc1C. The predicted molar refractivity (Wildman–Crippen MR) is 92.5 cm³/mol. The molecular weight excluding hydrogens is 296 g/mol. The first-order chi connectivity index (χ1) is 10.5. The summed E-state index contributed by atoms with van der Waals surface area (Å²) >= 11 is 1.54. The van der Waals surface area contributed by atoms with E-state index in [-0.39, 0.29) is 23.8 Å². The normalized spacial score (nSPS) is 13.9. The number of thioether (sulfide) groups is 1. The molecule has 0 spiro atoms. The number of fused-ring (bicyclic) bond motifs is 1. The molecule has 1 aromatic heterocycles. The molecule has 22 heavy (non-hydrogen) atoms. The van der Waals surface area contributed by atoms with Crippen molar-refractivity contribution >= 4 is 28.6 Å². The summed E-state index contributed by atoms with van der Waals surface area (Å²) in [7, 11) is 0. The summed E-state index contributed by atoms with van der Waals surface area (Å²) in [4.78, 5) is 17.0. The minimum absolute atomic E-state index is 0.0140. The maximum atomic E-state index is 12.5. The molecule has 2 N–H and O–H groups in total. The van der Waals surface area contributed by atoms with Gasteiger partial charge in [-0.2, -0.15) is 11.8 Å². The number of nitrogens with zero attached hydrogens (tertiary/aromatic N) is 1. The molecule has 5 heteroatoms. The zero-order valence-corrected chi connectivity index (χ0v) is 14.2. The smallest absolute Gasteiger partial charge is 0.253 e. The Bertz CT molecular complexity index is 684. The van der Waals surface area contributed by atoms with Crippen LogP contribution in [0.2, 0.25) is 0 Å². The summed E-state index contributed by atoms with van der Waals surface area (Å²) in [5, 5.41) is 13.2. The zero-order valence-electron chi connectivity index (χ0n) is 13.4. The van der Waals surface area contributed by atoms with E-state index in [9.17, 15) is 9.90 Å². The van der Waals surface area contributed by atoms with E-state index in [1.54, 1.807) is 11.8 Å². The van der Waals surface area contributed by atoms with Crippen LogP contribution in [0.5, 0.6) is 0 Å². The zero-order chi connectivity index (χ0) is 16.3. The molecule has 4 nitrogen and oxygen atoms in total. The number of carbonyl (C=O) groups is 1. The molecule has 0 aliphatic rings. The van der Waals surface area contributed by atoms with Crippen molar-refractivity contribution < 1.29 is 9.90 Å². The van der Waals surface area contributed by atoms with Crippen molar-refractivity contribution in [3.05, 3.63) is 41.1 Å². The topological polar surface area (TPSA) is 62.2 Å². The van der Waals surface area contributed by atoms with Crippen LogP contribution in [0, 0.1) is 13.8 Å². The van der Waals surface area contributed by atoms with Crippen LogP contribution in [0.1, 0.15) is 28.5 Å². The number of aromatic nitrogens is 1. The molecule has 0 saturated heterocycles. The first kappa shape index (κ1) is 16.8. The lowest BCUT2D eigenvalue weighted by Crippen LogP contribution is -2.41. The number of rotatable bonds is 5. The molecule has 0 bridgehead atoms. The summed E-state index contributed by atoms with van der Waals surface area (Å²) in [6.45, 7) is 5.81. The third-order valence-corrected chi connectivity index (χ3v) is 4.97. The highest BCUT2D eigenvalue weighted by atomic mass is 32.2. The van der Waals surface area contributed by atoms with E-state index in [2.05, 4.69) is 10.3 Å². The number of aliphatic hydroxyl groups is 1. The van der Waals surface area contributed by atoms with Crippen molar-refractivity contribution in [1.29, 1.82) is 0 Å². The summed E-state index contributed by atoms with van der Waals surface area (Å²) in [5.74, 6) is -0.145. The maximum Gasteiger partial charge on any atom is 0.253 e. The molecule has 1 amide bonds. The van der Waals surface area contributed by atoms with Crippen molar-refractivity contribution in [3.8, 4) is 0 Å². The van der Waals surface area contributed by atoms with Crippen LogP contribution in [0.25, 0.3) is 10.9 Å². The van der Waals surface area contributed by atoms with Gasteiger partial charge in [0.2, 0.25) is 0 Å². The van der Waals surface area contributed by atoms with Gasteiger partial charge in [0.25, 0.3) is 5.91 Å². The molecule has 118 valence electrons. The lowest BCUT2D eigenvalue weighted by Gasteiger charge is -2.21. The Labute approximate surface area is 135 Å². The Hall–Kier alpha value is -1.59. The van der Waals surface area contributed by atoms with Gasteiger partial charge < -0.3 is 10.4 Å². The fraction of sp³-hybridized carbons (Fsp3) is 0.412. The monoisotopic (exact) mass is 318 g/mol. The van der Waals surface area contributed by atoms with Crippen LogP contribution in [0.15, 0.2) is 24.3 Å². The maximum absolute atomic E-state index is 12.5. The third kappa shape index (κ3) is 3.59. The molecule has 0 saturated carbocycles. The van der Waals surface area contributed by atoms with Crippen molar-refractivity contribution in [2.45, 2.75) is 32.1 Å². The molecule has 0 aliphatic heterocycles. The van der Waals surface area contributed by atoms with Crippen molar-refractivity contribution in [2.24, 2.45) is 0 Å². The highest BCUT2D eigenvalue weighted by Crippen LogP contribution is 2.19. The second-order valence-corrected chi connectivity index (χ2v) is 6.61. The summed E-state index contributed by atoms with van der Waals surface area (Å²) in [6, 6.07) is 7.79. The van der Waals surface area contributed by atoms with Crippen LogP contribution in [0.3, 0.4) is 0 Å². The van der Waals surface area contributed by atoms with Gasteiger partial charge in [0.1, 0.15) is 0 Å². The summed E-state index contributed by atoms with van der Waals surface area (Å²) < 4.78 is 0. The minimum atomic E-state index is -0.145. The van der Waals surface area contributed by atoms with Crippen molar-refractivity contribution in [3.63, 3.8) is 0 Å². The van der Waals surface area contributed by atoms with E-state index in [0.717, 1.165) is 16.5 Å². The van der Waals surface area contributed by atoms with E-state index >= 15 is 0 Å². The van der Waals surface area contributed by atoms with Crippen LogP contribution < -0.4 is 5.32 Å². The average Bonchev–Trinajstić information content (AvgIpc) is 2.48. The van der Waals surface area contributed by atoms with E-state index < -0.39 is 0 Å². The average molecular weight is 318 g/mol. The molecule has 2 unspecified atom stereocenters. The first-order valence-corrected chi connectivity index (χ1v) is 8.57. The molecular formula is C17H22N2O2S. The number of hydrogen-bond donors (Lipinski definition) is 2. The second kappa shape index (κ2) is 7.11. The van der Waals surface area contributed by atoms with Gasteiger partial charge in [-0.25, -0.2) is 0 Å². The van der Waals surface area contributed by atoms with E-state index in [1.165, 1.54) is 0 Å². The van der Waals surface area contributed by atoms with Gasteiger partial charge >= 0.3 is 0 Å². The molecule has 2 rings (SSSR count). The largest absolute Gasteiger partial charge is 0.395 e. The fourth-order valence-corrected chi connectivity index (χ4v) is 3.06. The Kier molecular flexibility index (Phi) is 5.42. The lowest BCUT2D eigenvalue weighted by molar-refractivity contribution is 0.0935. The van der Waals surface area contributed by atoms with E-state index in [4.69, 9.17) is 0 Å². The highest BCUT2D eigenvalue weighted by Gasteiger charge is 2.19. The third-order valence-electron chi connectivity index (χ3n) is 3.80. The quantitative estimate of drug-likeness (QED) is 0.890. The van der Waals surface area contributed by atoms with Crippen LogP contribution in [-0.2, 0) is 0 Å². The highest BCUT2D eigenvalue weighted by molar-refractivity contribution is 7.99. The number of hydrogen-bond acceptors (Lipinski definition) is 4. The number of benzene rings is 1. The number of nitrogens with one attached hydrogen (secondary N) is 1. The standard InChI is InChI=1S/C17H22N2O2S/c1-10-5-6-15-13(7-10)8-14(11(2)18-15)17(21)19-12(3)16(9-20)22-4/h5-8,12,16,20H,9H2,1-4H3,(H,19,21). The Balaban J connectivity index is 2.29. The van der Waals surface area contributed by atoms with Gasteiger partial charge in [-0.3, -0.25) is 9.78 Å². The van der Waals surface area contributed by atoms with Crippen LogP contribution >= 0.6 is 11.8 Å². The van der Waals surface area contributed by atoms with E-state index in [0.29, 0.717) is 11.3 Å². The Morgan fingerprint density at radius 3 is 2.73 bits per heavy atom. The minimum Gasteiger partial charge on any atom is -0.395 e. The van der Waals surface area contributed by atoms with Crippen LogP contribution in [-0.4, -0.2) is 40.2 Å². The summed E-state index contributed by atoms with van der Waals surface area (Å²) in [6.07, 6.45) is 1.93. The molecule has 0 fully saturated rings. The first-order valence-electron chi connectivity index (χ1n) is 7.28. The molecule has 0 aliphatic carbocycles. The van der Waals surface area contributed by atoms with E-state index in [1.807, 2.05) is 51.3 Å². The van der Waals surface area contributed by atoms with Gasteiger partial charge in [0.15, 0.2) is 0 Å². The number of amides is 1. The van der Waals surface area contributed by atoms with Crippen LogP contribution in [0.4, 0.5) is 0 Å². The number of pyridine rings is 1. The molecule has 1 aromatic carbocycles. The van der Waals surface area contributed by atoms with Gasteiger partial charge in [-0.05, 0) is 45.2 Å². The lowest BCUT2D eigenvalue weighted by atomic mass is 10.1. The number of carbonyl (C=O) groups excluding carboxylic acids is 1. The molecule has 0 radical (unpaired) electrons. The molecule has 2 aromatic rings. The van der Waals surface area contributed by atoms with Gasteiger partial charge in [-0.15, -0.1) is 0 Å². The molecule has 2 atom stereocenters. The van der Waals surface area contributed by atoms with Gasteiger partial charge in [0, 0.05) is 16.7 Å². The molecule has 1 heterocycles. The Morgan fingerprint density at radius 2 is 2.09 bits per heavy atom.